The highest BCUT2D eigenvalue weighted by Gasteiger charge is 2.18. The Kier molecular flexibility index (Phi) is 5.70. The third-order valence-electron chi connectivity index (χ3n) is 4.25. The van der Waals surface area contributed by atoms with Gasteiger partial charge in [-0.25, -0.2) is 9.98 Å². The van der Waals surface area contributed by atoms with Crippen molar-refractivity contribution in [2.75, 3.05) is 11.5 Å². The Morgan fingerprint density at radius 1 is 0.680 bits per heavy atom. The molecule has 0 aromatic heterocycles. The maximum Gasteiger partial charge on any atom is 0.129 e. The molecule has 0 aliphatic carbocycles. The summed E-state index contributed by atoms with van der Waals surface area (Å²) in [5, 5.41) is 2.10. The Labute approximate surface area is 159 Å². The van der Waals surface area contributed by atoms with Crippen LogP contribution in [0.25, 0.3) is 0 Å². The molecule has 1 saturated heterocycles. The third kappa shape index (κ3) is 4.18. The van der Waals surface area contributed by atoms with E-state index in [-0.39, 0.29) is 0 Å². The van der Waals surface area contributed by atoms with Gasteiger partial charge in [0.2, 0.25) is 0 Å². The van der Waals surface area contributed by atoms with E-state index >= 15 is 0 Å². The Bertz CT molecular complexity index is 823. The first-order chi connectivity index (χ1) is 12.0. The fourth-order valence-corrected chi connectivity index (χ4v) is 5.15. The van der Waals surface area contributed by atoms with Gasteiger partial charge >= 0.3 is 0 Å². The first-order valence-electron chi connectivity index (χ1n) is 8.53. The fourth-order valence-electron chi connectivity index (χ4n) is 3.09. The molecular formula is C21H24N2S2. The Hall–Kier alpha value is -1.52. The molecule has 0 N–H and O–H groups in total. The van der Waals surface area contributed by atoms with Gasteiger partial charge in [0.25, 0.3) is 0 Å². The van der Waals surface area contributed by atoms with E-state index in [1.54, 1.807) is 0 Å². The normalized spacial score (nSPS) is 18.1. The smallest absolute Gasteiger partial charge is 0.129 e. The molecule has 0 radical (unpaired) electrons. The number of thioether (sulfide) groups is 2. The zero-order valence-corrected chi connectivity index (χ0v) is 17.1. The van der Waals surface area contributed by atoms with Gasteiger partial charge < -0.3 is 0 Å². The Balaban J connectivity index is 2.07. The van der Waals surface area contributed by atoms with Crippen molar-refractivity contribution in [3.63, 3.8) is 0 Å². The van der Waals surface area contributed by atoms with Crippen LogP contribution in [0.2, 0.25) is 0 Å². The average Bonchev–Trinajstić information content (AvgIpc) is 2.55. The summed E-state index contributed by atoms with van der Waals surface area (Å²) in [6, 6.07) is 10.7. The number of aliphatic imine (C=N–C) groups is 2. The monoisotopic (exact) mass is 368 g/mol. The molecule has 4 heteroatoms. The summed E-state index contributed by atoms with van der Waals surface area (Å²) >= 11 is 3.63. The van der Waals surface area contributed by atoms with Crippen LogP contribution in [0.4, 0.5) is 11.4 Å². The number of hydrogen-bond acceptors (Lipinski definition) is 4. The van der Waals surface area contributed by atoms with Gasteiger partial charge in [-0.3, -0.25) is 0 Å². The van der Waals surface area contributed by atoms with Gasteiger partial charge in [0.1, 0.15) is 10.1 Å². The molecule has 3 rings (SSSR count). The molecule has 0 atom stereocenters. The predicted octanol–water partition coefficient (Wildman–Crippen LogP) is 6.47. The maximum absolute atomic E-state index is 5.02. The van der Waals surface area contributed by atoms with Gasteiger partial charge in [-0.1, -0.05) is 35.9 Å². The molecule has 2 nitrogen and oxygen atoms in total. The largest absolute Gasteiger partial charge is 0.239 e. The molecule has 0 spiro atoms. The van der Waals surface area contributed by atoms with Gasteiger partial charge in [0, 0.05) is 11.5 Å². The first kappa shape index (κ1) is 18.3. The molecule has 130 valence electrons. The number of rotatable bonds is 2. The van der Waals surface area contributed by atoms with Crippen LogP contribution < -0.4 is 0 Å². The summed E-state index contributed by atoms with van der Waals surface area (Å²) in [6.45, 7) is 10.7. The molecule has 2 aromatic carbocycles. The van der Waals surface area contributed by atoms with Crippen LogP contribution in [0.3, 0.4) is 0 Å². The van der Waals surface area contributed by atoms with Crippen molar-refractivity contribution < 1.29 is 0 Å². The number of benzene rings is 2. The first-order valence-corrected chi connectivity index (χ1v) is 10.5. The van der Waals surface area contributed by atoms with Crippen LogP contribution in [0.1, 0.15) is 27.8 Å². The summed E-state index contributed by atoms with van der Waals surface area (Å²) in [5.41, 5.74) is 8.34. The number of para-hydroxylation sites is 1. The van der Waals surface area contributed by atoms with E-state index in [9.17, 15) is 0 Å². The average molecular weight is 369 g/mol. The number of aryl methyl sites for hydroxylation is 5. The summed E-state index contributed by atoms with van der Waals surface area (Å²) in [4.78, 5) is 10.0. The number of hydrogen-bond donors (Lipinski definition) is 0. The van der Waals surface area contributed by atoms with Crippen molar-refractivity contribution in [2.45, 2.75) is 34.6 Å². The van der Waals surface area contributed by atoms with E-state index in [4.69, 9.17) is 9.98 Å². The predicted molar refractivity (Wildman–Crippen MR) is 116 cm³/mol. The summed E-state index contributed by atoms with van der Waals surface area (Å²) in [5.74, 6) is 2.17. The van der Waals surface area contributed by atoms with Crippen LogP contribution in [0.15, 0.2) is 40.3 Å². The molecule has 1 heterocycles. The Morgan fingerprint density at radius 2 is 1.12 bits per heavy atom. The van der Waals surface area contributed by atoms with E-state index in [1.807, 2.05) is 23.5 Å². The molecule has 1 aliphatic rings. The van der Waals surface area contributed by atoms with Crippen LogP contribution in [0, 0.1) is 34.6 Å². The zero-order chi connectivity index (χ0) is 18.0. The second-order valence-electron chi connectivity index (χ2n) is 6.52. The highest BCUT2D eigenvalue weighted by atomic mass is 32.2. The molecule has 0 amide bonds. The van der Waals surface area contributed by atoms with E-state index in [0.717, 1.165) is 33.0 Å². The second kappa shape index (κ2) is 7.79. The lowest BCUT2D eigenvalue weighted by Crippen LogP contribution is -2.14. The number of nitrogens with zero attached hydrogens (tertiary/aromatic N) is 2. The summed E-state index contributed by atoms with van der Waals surface area (Å²) in [7, 11) is 0. The molecular weight excluding hydrogens is 344 g/mol. The third-order valence-corrected chi connectivity index (χ3v) is 6.57. The lowest BCUT2D eigenvalue weighted by molar-refractivity contribution is 1.29. The van der Waals surface area contributed by atoms with Gasteiger partial charge in [0.05, 0.1) is 11.4 Å². The van der Waals surface area contributed by atoms with Crippen LogP contribution in [0.5, 0.6) is 0 Å². The standard InChI is InChI=1S/C21H24N2S2/c1-13-11-16(4)19(17(5)12-13)23-21-20(24-9-10-25-21)22-18-14(2)7-6-8-15(18)3/h6-8,11-12H,9-10H2,1-5H3. The minimum Gasteiger partial charge on any atom is -0.239 e. The molecule has 0 bridgehead atoms. The van der Waals surface area contributed by atoms with Crippen molar-refractivity contribution >= 4 is 45.0 Å². The van der Waals surface area contributed by atoms with Crippen LogP contribution in [-0.2, 0) is 0 Å². The van der Waals surface area contributed by atoms with Crippen LogP contribution >= 0.6 is 23.5 Å². The molecule has 25 heavy (non-hydrogen) atoms. The van der Waals surface area contributed by atoms with Crippen molar-refractivity contribution in [1.29, 1.82) is 0 Å². The van der Waals surface area contributed by atoms with Gasteiger partial charge in [-0.15, -0.1) is 23.5 Å². The Morgan fingerprint density at radius 3 is 1.60 bits per heavy atom. The zero-order valence-electron chi connectivity index (χ0n) is 15.5. The lowest BCUT2D eigenvalue weighted by Gasteiger charge is -2.17. The fraction of sp³-hybridized carbons (Fsp3) is 0.333. The lowest BCUT2D eigenvalue weighted by atomic mass is 10.1. The van der Waals surface area contributed by atoms with E-state index in [1.165, 1.54) is 27.8 Å². The van der Waals surface area contributed by atoms with Gasteiger partial charge in [-0.05, 0) is 56.9 Å². The molecule has 1 fully saturated rings. The molecule has 0 saturated carbocycles. The van der Waals surface area contributed by atoms with E-state index < -0.39 is 0 Å². The summed E-state index contributed by atoms with van der Waals surface area (Å²) in [6.07, 6.45) is 0. The minimum absolute atomic E-state index is 1.05. The van der Waals surface area contributed by atoms with Crippen molar-refractivity contribution in [3.05, 3.63) is 58.1 Å². The van der Waals surface area contributed by atoms with Crippen molar-refractivity contribution in [3.8, 4) is 0 Å². The highest BCUT2D eigenvalue weighted by molar-refractivity contribution is 8.27. The minimum atomic E-state index is 1.05. The van der Waals surface area contributed by atoms with E-state index in [2.05, 4.69) is 65.0 Å². The maximum atomic E-state index is 5.02. The molecule has 1 aliphatic heterocycles. The topological polar surface area (TPSA) is 24.7 Å². The van der Waals surface area contributed by atoms with Crippen molar-refractivity contribution in [1.82, 2.24) is 0 Å². The second-order valence-corrected chi connectivity index (χ2v) is 8.69. The quantitative estimate of drug-likeness (QED) is 0.607. The molecule has 2 aromatic rings. The molecule has 0 unspecified atom stereocenters. The SMILES string of the molecule is Cc1cc(C)c(N=C2SCCSC2=Nc2c(C)cccc2C)c(C)c1. The highest BCUT2D eigenvalue weighted by Crippen LogP contribution is 2.33. The van der Waals surface area contributed by atoms with E-state index in [0.29, 0.717) is 0 Å². The van der Waals surface area contributed by atoms with Gasteiger partial charge in [0.15, 0.2) is 0 Å². The summed E-state index contributed by atoms with van der Waals surface area (Å²) < 4.78 is 0. The van der Waals surface area contributed by atoms with Gasteiger partial charge in [-0.2, -0.15) is 0 Å². The van der Waals surface area contributed by atoms with Crippen molar-refractivity contribution in [2.24, 2.45) is 9.98 Å². The van der Waals surface area contributed by atoms with Crippen LogP contribution in [-0.4, -0.2) is 21.6 Å².